The molecule has 0 aliphatic heterocycles. The van der Waals surface area contributed by atoms with Gasteiger partial charge in [0.25, 0.3) is 5.91 Å². The quantitative estimate of drug-likeness (QED) is 0.667. The fourth-order valence-corrected chi connectivity index (χ4v) is 1.21. The molecule has 0 bridgehead atoms. The van der Waals surface area contributed by atoms with Crippen LogP contribution in [0.5, 0.6) is 0 Å². The molecule has 0 aliphatic carbocycles. The summed E-state index contributed by atoms with van der Waals surface area (Å²) in [7, 11) is 0. The molecule has 0 unspecified atom stereocenters. The lowest BCUT2D eigenvalue weighted by Gasteiger charge is -2.02. The molecule has 1 amide bonds. The Hall–Kier alpha value is -2.15. The van der Waals surface area contributed by atoms with Crippen LogP contribution < -0.4 is 11.1 Å². The summed E-state index contributed by atoms with van der Waals surface area (Å²) in [5.74, 6) is -0.149. The van der Waals surface area contributed by atoms with E-state index in [1.54, 1.807) is 0 Å². The second-order valence-corrected chi connectivity index (χ2v) is 3.20. The number of rotatable bonds is 2. The molecule has 0 aromatic carbocycles. The summed E-state index contributed by atoms with van der Waals surface area (Å²) in [6, 6.07) is 1.51. The predicted molar refractivity (Wildman–Crippen MR) is 58.0 cm³/mol. The summed E-state index contributed by atoms with van der Waals surface area (Å²) in [6.07, 6.45) is 2.78. The first-order valence-corrected chi connectivity index (χ1v) is 4.63. The van der Waals surface area contributed by atoms with Crippen molar-refractivity contribution in [1.82, 2.24) is 20.2 Å². The third-order valence-corrected chi connectivity index (χ3v) is 1.95. The molecule has 0 fully saturated rings. The lowest BCUT2D eigenvalue weighted by atomic mass is 10.3. The summed E-state index contributed by atoms with van der Waals surface area (Å²) >= 11 is 5.57. The SMILES string of the molecule is Nc1cn[nH]c1C(=O)Nc1ccnc(Cl)n1. The van der Waals surface area contributed by atoms with Gasteiger partial charge in [0, 0.05) is 6.20 Å². The van der Waals surface area contributed by atoms with Crippen LogP contribution >= 0.6 is 11.6 Å². The van der Waals surface area contributed by atoms with E-state index in [-0.39, 0.29) is 16.7 Å². The van der Waals surface area contributed by atoms with Crippen LogP contribution in [0.4, 0.5) is 11.5 Å². The third-order valence-electron chi connectivity index (χ3n) is 1.76. The number of nitrogens with zero attached hydrogens (tertiary/aromatic N) is 3. The molecule has 16 heavy (non-hydrogen) atoms. The van der Waals surface area contributed by atoms with Crippen LogP contribution in [0.15, 0.2) is 18.5 Å². The molecule has 7 nitrogen and oxygen atoms in total. The van der Waals surface area contributed by atoms with Gasteiger partial charge in [-0.3, -0.25) is 9.89 Å². The van der Waals surface area contributed by atoms with E-state index in [4.69, 9.17) is 17.3 Å². The zero-order valence-corrected chi connectivity index (χ0v) is 8.69. The average molecular weight is 239 g/mol. The molecule has 2 aromatic rings. The number of halogens is 1. The Morgan fingerprint density at radius 1 is 1.56 bits per heavy atom. The number of carbonyl (C=O) groups is 1. The number of anilines is 2. The third kappa shape index (κ3) is 2.09. The molecule has 0 atom stereocenters. The number of hydrogen-bond donors (Lipinski definition) is 3. The summed E-state index contributed by atoms with van der Waals surface area (Å²) in [5, 5.41) is 8.66. The first kappa shape index (κ1) is 10.4. The second-order valence-electron chi connectivity index (χ2n) is 2.87. The number of hydrogen-bond acceptors (Lipinski definition) is 5. The molecule has 2 heterocycles. The van der Waals surface area contributed by atoms with Gasteiger partial charge in [0.05, 0.1) is 11.9 Å². The summed E-state index contributed by atoms with van der Waals surface area (Å²) in [4.78, 5) is 19.1. The maximum Gasteiger partial charge on any atom is 0.276 e. The average Bonchev–Trinajstić information content (AvgIpc) is 2.64. The van der Waals surface area contributed by atoms with Gasteiger partial charge in [-0.05, 0) is 17.7 Å². The van der Waals surface area contributed by atoms with Crippen molar-refractivity contribution in [3.8, 4) is 0 Å². The van der Waals surface area contributed by atoms with Crippen molar-refractivity contribution in [2.75, 3.05) is 11.1 Å². The fraction of sp³-hybridized carbons (Fsp3) is 0. The Bertz CT molecular complexity index is 525. The van der Waals surface area contributed by atoms with Gasteiger partial charge < -0.3 is 11.1 Å². The molecule has 8 heteroatoms. The minimum Gasteiger partial charge on any atom is -0.396 e. The van der Waals surface area contributed by atoms with E-state index in [9.17, 15) is 4.79 Å². The molecule has 0 aliphatic rings. The van der Waals surface area contributed by atoms with Gasteiger partial charge in [0.2, 0.25) is 5.28 Å². The minimum absolute atomic E-state index is 0.0513. The molecular formula is C8H7ClN6O. The zero-order valence-electron chi connectivity index (χ0n) is 7.94. The Kier molecular flexibility index (Phi) is 2.69. The molecule has 0 spiro atoms. The van der Waals surface area contributed by atoms with E-state index < -0.39 is 5.91 Å². The van der Waals surface area contributed by atoms with Crippen LogP contribution in [0.1, 0.15) is 10.5 Å². The van der Waals surface area contributed by atoms with Crippen LogP contribution in [-0.4, -0.2) is 26.1 Å². The lowest BCUT2D eigenvalue weighted by Crippen LogP contribution is -2.15. The van der Waals surface area contributed by atoms with Crippen LogP contribution in [-0.2, 0) is 0 Å². The van der Waals surface area contributed by atoms with Crippen LogP contribution in [0.2, 0.25) is 5.28 Å². The molecule has 2 aromatic heterocycles. The number of carbonyl (C=O) groups excluding carboxylic acids is 1. The summed E-state index contributed by atoms with van der Waals surface area (Å²) < 4.78 is 0. The van der Waals surface area contributed by atoms with E-state index in [2.05, 4.69) is 25.5 Å². The van der Waals surface area contributed by atoms with Gasteiger partial charge in [0.15, 0.2) is 0 Å². The molecular weight excluding hydrogens is 232 g/mol. The second kappa shape index (κ2) is 4.15. The Balaban J connectivity index is 2.17. The number of aromatic amines is 1. The van der Waals surface area contributed by atoms with E-state index in [1.165, 1.54) is 18.5 Å². The van der Waals surface area contributed by atoms with Crippen molar-refractivity contribution in [3.63, 3.8) is 0 Å². The molecule has 2 rings (SSSR count). The van der Waals surface area contributed by atoms with Crippen LogP contribution in [0.3, 0.4) is 0 Å². The smallest absolute Gasteiger partial charge is 0.276 e. The zero-order chi connectivity index (χ0) is 11.5. The normalized spacial score (nSPS) is 10.1. The Labute approximate surface area is 95.0 Å². The highest BCUT2D eigenvalue weighted by Gasteiger charge is 2.12. The molecule has 0 saturated heterocycles. The van der Waals surface area contributed by atoms with Crippen molar-refractivity contribution in [2.45, 2.75) is 0 Å². The van der Waals surface area contributed by atoms with Crippen LogP contribution in [0.25, 0.3) is 0 Å². The van der Waals surface area contributed by atoms with Gasteiger partial charge in [-0.2, -0.15) is 5.10 Å². The van der Waals surface area contributed by atoms with E-state index in [0.29, 0.717) is 5.82 Å². The van der Waals surface area contributed by atoms with E-state index in [1.807, 2.05) is 0 Å². The lowest BCUT2D eigenvalue weighted by molar-refractivity contribution is 0.102. The molecule has 0 radical (unpaired) electrons. The summed E-state index contributed by atoms with van der Waals surface area (Å²) in [6.45, 7) is 0. The maximum atomic E-state index is 11.6. The number of nitrogen functional groups attached to an aromatic ring is 1. The van der Waals surface area contributed by atoms with Crippen molar-refractivity contribution in [3.05, 3.63) is 29.4 Å². The molecule has 0 saturated carbocycles. The number of aromatic nitrogens is 4. The first-order valence-electron chi connectivity index (χ1n) is 4.25. The van der Waals surface area contributed by atoms with Gasteiger partial charge in [-0.15, -0.1) is 0 Å². The number of H-pyrrole nitrogens is 1. The largest absolute Gasteiger partial charge is 0.396 e. The predicted octanol–water partition coefficient (Wildman–Crippen LogP) is 0.688. The van der Waals surface area contributed by atoms with Crippen molar-refractivity contribution >= 4 is 29.0 Å². The topological polar surface area (TPSA) is 110 Å². The number of nitrogens with two attached hydrogens (primary N) is 1. The van der Waals surface area contributed by atoms with Gasteiger partial charge >= 0.3 is 0 Å². The monoisotopic (exact) mass is 238 g/mol. The van der Waals surface area contributed by atoms with Crippen LogP contribution in [0, 0.1) is 0 Å². The van der Waals surface area contributed by atoms with Gasteiger partial charge in [0.1, 0.15) is 11.5 Å². The number of nitrogens with one attached hydrogen (secondary N) is 2. The van der Waals surface area contributed by atoms with Gasteiger partial charge in [-0.25, -0.2) is 9.97 Å². The summed E-state index contributed by atoms with van der Waals surface area (Å²) in [5.41, 5.74) is 5.95. The highest BCUT2D eigenvalue weighted by molar-refractivity contribution is 6.28. The highest BCUT2D eigenvalue weighted by Crippen LogP contribution is 2.10. The van der Waals surface area contributed by atoms with E-state index >= 15 is 0 Å². The Morgan fingerprint density at radius 2 is 2.38 bits per heavy atom. The maximum absolute atomic E-state index is 11.6. The Morgan fingerprint density at radius 3 is 3.00 bits per heavy atom. The van der Waals surface area contributed by atoms with Crippen molar-refractivity contribution < 1.29 is 4.79 Å². The van der Waals surface area contributed by atoms with Crippen molar-refractivity contribution in [1.29, 1.82) is 0 Å². The first-order chi connectivity index (χ1) is 7.66. The standard InChI is InChI=1S/C8H7ClN6O/c9-8-11-2-1-5(14-8)13-7(16)6-4(10)3-12-15-6/h1-3H,10H2,(H,12,15)(H,11,13,14,16). The van der Waals surface area contributed by atoms with Crippen molar-refractivity contribution in [2.24, 2.45) is 0 Å². The fourth-order valence-electron chi connectivity index (χ4n) is 1.06. The van der Waals surface area contributed by atoms with Gasteiger partial charge in [-0.1, -0.05) is 0 Å². The molecule has 82 valence electrons. The molecule has 4 N–H and O–H groups in total. The highest BCUT2D eigenvalue weighted by atomic mass is 35.5. The minimum atomic E-state index is -0.440. The van der Waals surface area contributed by atoms with E-state index in [0.717, 1.165) is 0 Å². The number of amides is 1.